The smallest absolute Gasteiger partial charge is 0.229 e. The summed E-state index contributed by atoms with van der Waals surface area (Å²) in [6, 6.07) is 9.83. The number of aliphatic imine (C=N–C) groups is 1. The zero-order valence-electron chi connectivity index (χ0n) is 13.9. The van der Waals surface area contributed by atoms with E-state index in [1.54, 1.807) is 7.05 Å². The van der Waals surface area contributed by atoms with Crippen LogP contribution in [0.4, 0.5) is 5.69 Å². The molecule has 23 heavy (non-hydrogen) atoms. The van der Waals surface area contributed by atoms with Crippen LogP contribution in [0.2, 0.25) is 0 Å². The van der Waals surface area contributed by atoms with Crippen LogP contribution in [0.5, 0.6) is 0 Å². The van der Waals surface area contributed by atoms with E-state index in [1.165, 1.54) is 0 Å². The average molecular weight is 318 g/mol. The van der Waals surface area contributed by atoms with Gasteiger partial charge >= 0.3 is 0 Å². The van der Waals surface area contributed by atoms with E-state index in [0.29, 0.717) is 13.0 Å². The van der Waals surface area contributed by atoms with Gasteiger partial charge in [-0.1, -0.05) is 18.2 Å². The lowest BCUT2D eigenvalue weighted by Gasteiger charge is -2.19. The van der Waals surface area contributed by atoms with E-state index in [0.717, 1.165) is 37.8 Å². The molecule has 6 nitrogen and oxygen atoms in total. The van der Waals surface area contributed by atoms with Crippen molar-refractivity contribution in [3.05, 3.63) is 30.3 Å². The molecule has 2 N–H and O–H groups in total. The van der Waals surface area contributed by atoms with Gasteiger partial charge in [0.1, 0.15) is 0 Å². The van der Waals surface area contributed by atoms with E-state index < -0.39 is 0 Å². The van der Waals surface area contributed by atoms with Crippen molar-refractivity contribution in [3.8, 4) is 0 Å². The Hall–Kier alpha value is -2.08. The lowest BCUT2D eigenvalue weighted by molar-refractivity contribution is -0.117. The Balaban J connectivity index is 1.80. The molecule has 1 fully saturated rings. The Morgan fingerprint density at radius 3 is 2.87 bits per heavy atom. The van der Waals surface area contributed by atoms with Crippen molar-refractivity contribution in [3.63, 3.8) is 0 Å². The van der Waals surface area contributed by atoms with Gasteiger partial charge < -0.3 is 20.3 Å². The van der Waals surface area contributed by atoms with E-state index in [9.17, 15) is 4.79 Å². The molecule has 1 atom stereocenters. The van der Waals surface area contributed by atoms with Gasteiger partial charge in [0.2, 0.25) is 5.91 Å². The second kappa shape index (κ2) is 9.15. The fourth-order valence-electron chi connectivity index (χ4n) is 2.58. The second-order valence-electron chi connectivity index (χ2n) is 5.43. The standard InChI is InChI=1S/C17H26N4O2/c1-3-23-11-7-10-19-17(18-2)20-14-12-16(22)21(13-14)15-8-5-4-6-9-15/h4-6,8-9,14H,3,7,10-13H2,1-2H3,(H2,18,19,20). The van der Waals surface area contributed by atoms with Crippen molar-refractivity contribution in [2.45, 2.75) is 25.8 Å². The summed E-state index contributed by atoms with van der Waals surface area (Å²) in [7, 11) is 1.74. The molecule has 0 aromatic heterocycles. The minimum Gasteiger partial charge on any atom is -0.382 e. The quantitative estimate of drug-likeness (QED) is 0.453. The highest BCUT2D eigenvalue weighted by molar-refractivity contribution is 5.97. The summed E-state index contributed by atoms with van der Waals surface area (Å²) in [5, 5.41) is 6.58. The van der Waals surface area contributed by atoms with Crippen molar-refractivity contribution in [2.24, 2.45) is 4.99 Å². The molecule has 1 amide bonds. The number of carbonyl (C=O) groups excluding carboxylic acids is 1. The van der Waals surface area contributed by atoms with E-state index in [4.69, 9.17) is 4.74 Å². The van der Waals surface area contributed by atoms with E-state index in [1.807, 2.05) is 42.2 Å². The van der Waals surface area contributed by atoms with Gasteiger partial charge in [-0.3, -0.25) is 9.79 Å². The third kappa shape index (κ3) is 5.25. The van der Waals surface area contributed by atoms with E-state index >= 15 is 0 Å². The highest BCUT2D eigenvalue weighted by atomic mass is 16.5. The Kier molecular flexibility index (Phi) is 6.87. The zero-order chi connectivity index (χ0) is 16.5. The van der Waals surface area contributed by atoms with Crippen LogP contribution in [0.1, 0.15) is 19.8 Å². The number of amides is 1. The van der Waals surface area contributed by atoms with Gasteiger partial charge in [0.25, 0.3) is 0 Å². The molecular formula is C17H26N4O2. The predicted molar refractivity (Wildman–Crippen MR) is 92.8 cm³/mol. The molecule has 1 saturated heterocycles. The number of ether oxygens (including phenoxy) is 1. The molecule has 0 radical (unpaired) electrons. The van der Waals surface area contributed by atoms with E-state index in [2.05, 4.69) is 15.6 Å². The number of benzene rings is 1. The van der Waals surface area contributed by atoms with Crippen molar-refractivity contribution in [1.29, 1.82) is 0 Å². The molecule has 1 aromatic rings. The van der Waals surface area contributed by atoms with Crippen LogP contribution < -0.4 is 15.5 Å². The number of carbonyl (C=O) groups is 1. The number of para-hydroxylation sites is 1. The first-order valence-electron chi connectivity index (χ1n) is 8.15. The molecule has 1 heterocycles. The van der Waals surface area contributed by atoms with Crippen LogP contribution in [-0.4, -0.2) is 51.3 Å². The van der Waals surface area contributed by atoms with Gasteiger partial charge in [-0.2, -0.15) is 0 Å². The molecule has 0 aliphatic carbocycles. The number of guanidine groups is 1. The summed E-state index contributed by atoms with van der Waals surface area (Å²) in [5.74, 6) is 0.870. The molecule has 2 rings (SSSR count). The minimum atomic E-state index is 0.0702. The number of nitrogens with zero attached hydrogens (tertiary/aromatic N) is 2. The highest BCUT2D eigenvalue weighted by Gasteiger charge is 2.30. The van der Waals surface area contributed by atoms with Crippen LogP contribution in [0.15, 0.2) is 35.3 Å². The molecule has 6 heteroatoms. The first-order valence-corrected chi connectivity index (χ1v) is 8.15. The maximum absolute atomic E-state index is 12.2. The summed E-state index contributed by atoms with van der Waals surface area (Å²) in [4.78, 5) is 18.2. The van der Waals surface area contributed by atoms with Crippen molar-refractivity contribution in [2.75, 3.05) is 38.3 Å². The number of rotatable bonds is 7. The molecule has 0 bridgehead atoms. The maximum Gasteiger partial charge on any atom is 0.229 e. The number of hydrogen-bond acceptors (Lipinski definition) is 3. The van der Waals surface area contributed by atoms with Gasteiger partial charge in [0, 0.05) is 45.5 Å². The van der Waals surface area contributed by atoms with Gasteiger partial charge in [0.05, 0.1) is 6.04 Å². The normalized spacial score (nSPS) is 18.3. The Morgan fingerprint density at radius 2 is 2.17 bits per heavy atom. The maximum atomic E-state index is 12.2. The summed E-state index contributed by atoms with van der Waals surface area (Å²) >= 11 is 0. The Bertz CT molecular complexity index is 519. The molecule has 0 spiro atoms. The lowest BCUT2D eigenvalue weighted by atomic mass is 10.2. The number of hydrogen-bond donors (Lipinski definition) is 2. The topological polar surface area (TPSA) is 66.0 Å². The zero-order valence-corrected chi connectivity index (χ0v) is 13.9. The molecule has 0 saturated carbocycles. The average Bonchev–Trinajstić information content (AvgIpc) is 2.94. The Labute approximate surface area is 137 Å². The summed E-state index contributed by atoms with van der Waals surface area (Å²) < 4.78 is 5.31. The molecule has 1 unspecified atom stereocenters. The predicted octanol–water partition coefficient (Wildman–Crippen LogP) is 1.38. The monoisotopic (exact) mass is 318 g/mol. The third-order valence-corrected chi connectivity index (χ3v) is 3.72. The second-order valence-corrected chi connectivity index (χ2v) is 5.43. The van der Waals surface area contributed by atoms with Crippen LogP contribution in [0.25, 0.3) is 0 Å². The largest absolute Gasteiger partial charge is 0.382 e. The SMILES string of the molecule is CCOCCCNC(=NC)NC1CC(=O)N(c2ccccc2)C1. The molecule has 1 aromatic carbocycles. The summed E-state index contributed by atoms with van der Waals surface area (Å²) in [5.41, 5.74) is 0.946. The fourth-order valence-corrected chi connectivity index (χ4v) is 2.58. The first-order chi connectivity index (χ1) is 11.2. The van der Waals surface area contributed by atoms with Crippen LogP contribution >= 0.6 is 0 Å². The minimum absolute atomic E-state index is 0.0702. The van der Waals surface area contributed by atoms with Crippen molar-refractivity contribution in [1.82, 2.24) is 10.6 Å². The molecular weight excluding hydrogens is 292 g/mol. The van der Waals surface area contributed by atoms with Crippen LogP contribution in [-0.2, 0) is 9.53 Å². The highest BCUT2D eigenvalue weighted by Crippen LogP contribution is 2.20. The third-order valence-electron chi connectivity index (χ3n) is 3.72. The van der Waals surface area contributed by atoms with Gasteiger partial charge in [-0.05, 0) is 25.5 Å². The van der Waals surface area contributed by atoms with Crippen LogP contribution in [0, 0.1) is 0 Å². The van der Waals surface area contributed by atoms with Gasteiger partial charge in [0.15, 0.2) is 5.96 Å². The molecule has 126 valence electrons. The molecule has 1 aliphatic heterocycles. The first kappa shape index (κ1) is 17.3. The fraction of sp³-hybridized carbons (Fsp3) is 0.529. The molecule has 1 aliphatic rings. The van der Waals surface area contributed by atoms with Crippen LogP contribution in [0.3, 0.4) is 0 Å². The summed E-state index contributed by atoms with van der Waals surface area (Å²) in [6.07, 6.45) is 1.41. The van der Waals surface area contributed by atoms with E-state index in [-0.39, 0.29) is 11.9 Å². The van der Waals surface area contributed by atoms with Crippen molar-refractivity contribution < 1.29 is 9.53 Å². The Morgan fingerprint density at radius 1 is 1.39 bits per heavy atom. The summed E-state index contributed by atoms with van der Waals surface area (Å²) in [6.45, 7) is 4.92. The number of nitrogens with one attached hydrogen (secondary N) is 2. The van der Waals surface area contributed by atoms with Gasteiger partial charge in [-0.15, -0.1) is 0 Å². The van der Waals surface area contributed by atoms with Crippen molar-refractivity contribution >= 4 is 17.6 Å². The van der Waals surface area contributed by atoms with Gasteiger partial charge in [-0.25, -0.2) is 0 Å². The number of anilines is 1. The lowest BCUT2D eigenvalue weighted by Crippen LogP contribution is -2.45.